The minimum absolute atomic E-state index is 0.0944. The Labute approximate surface area is 208 Å². The van der Waals surface area contributed by atoms with Gasteiger partial charge in [0.15, 0.2) is 0 Å². The quantitative estimate of drug-likeness (QED) is 0.0794. The Hall–Kier alpha value is -0.500. The largest absolute Gasteiger partial charge is 0.472 e. The predicted octanol–water partition coefficient (Wildman–Crippen LogP) is 6.29. The summed E-state index contributed by atoms with van der Waals surface area (Å²) >= 11 is 0. The van der Waals surface area contributed by atoms with E-state index in [1.165, 1.54) is 83.5 Å². The number of hydrogen-bond acceptors (Lipinski definition) is 7. The van der Waals surface area contributed by atoms with Crippen LogP contribution in [-0.4, -0.2) is 49.9 Å². The van der Waals surface area contributed by atoms with Crippen molar-refractivity contribution in [2.75, 3.05) is 33.0 Å². The van der Waals surface area contributed by atoms with Gasteiger partial charge in [0.1, 0.15) is 6.10 Å². The monoisotopic (exact) mass is 509 g/mol. The standard InChI is InChI=1S/C25H52NO7P/c1-3-5-6-7-8-9-10-11-12-13-14-15-16-17-18-20-30-22-24(33-25(27)4-2)23-32-34(28,29)31-21-19-26/h24H,3-23,26H2,1-2H3,(H,28,29). The molecule has 0 aromatic rings. The van der Waals surface area contributed by atoms with Gasteiger partial charge in [-0.05, 0) is 6.42 Å². The van der Waals surface area contributed by atoms with Crippen molar-refractivity contribution in [3.8, 4) is 0 Å². The van der Waals surface area contributed by atoms with Crippen LogP contribution < -0.4 is 5.73 Å². The number of phosphoric acid groups is 1. The van der Waals surface area contributed by atoms with Crippen LogP contribution in [0.25, 0.3) is 0 Å². The zero-order valence-electron chi connectivity index (χ0n) is 21.8. The van der Waals surface area contributed by atoms with Crippen LogP contribution in [0.4, 0.5) is 0 Å². The highest BCUT2D eigenvalue weighted by molar-refractivity contribution is 7.47. The molecule has 0 bridgehead atoms. The zero-order valence-corrected chi connectivity index (χ0v) is 22.7. The van der Waals surface area contributed by atoms with Gasteiger partial charge >= 0.3 is 13.8 Å². The highest BCUT2D eigenvalue weighted by Gasteiger charge is 2.24. The Balaban J connectivity index is 3.69. The number of nitrogens with two attached hydrogens (primary N) is 1. The molecular weight excluding hydrogens is 457 g/mol. The second kappa shape index (κ2) is 24.2. The zero-order chi connectivity index (χ0) is 25.3. The summed E-state index contributed by atoms with van der Waals surface area (Å²) in [4.78, 5) is 21.2. The topological polar surface area (TPSA) is 117 Å². The summed E-state index contributed by atoms with van der Waals surface area (Å²) in [6.45, 7) is 4.34. The summed E-state index contributed by atoms with van der Waals surface area (Å²) in [6, 6.07) is 0. The second-order valence-electron chi connectivity index (χ2n) is 8.88. The van der Waals surface area contributed by atoms with Crippen LogP contribution in [-0.2, 0) is 27.9 Å². The van der Waals surface area contributed by atoms with Crippen LogP contribution in [0.1, 0.15) is 117 Å². The van der Waals surface area contributed by atoms with Gasteiger partial charge in [-0.25, -0.2) is 4.57 Å². The number of carbonyl (C=O) groups is 1. The minimum atomic E-state index is -4.22. The minimum Gasteiger partial charge on any atom is -0.457 e. The number of rotatable bonds is 26. The van der Waals surface area contributed by atoms with Gasteiger partial charge in [0.2, 0.25) is 0 Å². The normalized spacial score (nSPS) is 14.1. The van der Waals surface area contributed by atoms with Crippen molar-refractivity contribution < 1.29 is 32.8 Å². The lowest BCUT2D eigenvalue weighted by molar-refractivity contribution is -0.154. The molecule has 0 radical (unpaired) electrons. The van der Waals surface area contributed by atoms with Gasteiger partial charge in [0, 0.05) is 19.6 Å². The number of carbonyl (C=O) groups excluding carboxylic acids is 1. The first kappa shape index (κ1) is 33.5. The van der Waals surface area contributed by atoms with Gasteiger partial charge in [-0.15, -0.1) is 0 Å². The lowest BCUT2D eigenvalue weighted by Gasteiger charge is -2.19. The highest BCUT2D eigenvalue weighted by atomic mass is 31.2. The molecule has 3 N–H and O–H groups in total. The van der Waals surface area contributed by atoms with Gasteiger partial charge in [-0.3, -0.25) is 13.8 Å². The average Bonchev–Trinajstić information content (AvgIpc) is 2.82. The third kappa shape index (κ3) is 23.3. The van der Waals surface area contributed by atoms with E-state index in [1.807, 2.05) is 0 Å². The summed E-state index contributed by atoms with van der Waals surface area (Å²) in [7, 11) is -4.22. The van der Waals surface area contributed by atoms with Crippen LogP contribution >= 0.6 is 7.82 Å². The molecule has 0 spiro atoms. The highest BCUT2D eigenvalue weighted by Crippen LogP contribution is 2.43. The van der Waals surface area contributed by atoms with Crippen molar-refractivity contribution in [1.82, 2.24) is 0 Å². The molecule has 9 heteroatoms. The fourth-order valence-electron chi connectivity index (χ4n) is 3.56. The second-order valence-corrected chi connectivity index (χ2v) is 10.3. The number of hydrogen-bond donors (Lipinski definition) is 2. The molecule has 0 fully saturated rings. The first-order valence-corrected chi connectivity index (χ1v) is 15.0. The number of esters is 1. The maximum atomic E-state index is 11.7. The summed E-state index contributed by atoms with van der Waals surface area (Å²) in [5.74, 6) is -0.417. The average molecular weight is 510 g/mol. The molecular formula is C25H52NO7P. The fraction of sp³-hybridized carbons (Fsp3) is 0.960. The molecule has 204 valence electrons. The third-order valence-electron chi connectivity index (χ3n) is 5.58. The van der Waals surface area contributed by atoms with E-state index in [1.54, 1.807) is 6.92 Å². The van der Waals surface area contributed by atoms with Gasteiger partial charge in [0.05, 0.1) is 19.8 Å². The molecule has 34 heavy (non-hydrogen) atoms. The van der Waals surface area contributed by atoms with Crippen LogP contribution in [0.15, 0.2) is 0 Å². The van der Waals surface area contributed by atoms with E-state index in [0.29, 0.717) is 6.61 Å². The number of unbranched alkanes of at least 4 members (excludes halogenated alkanes) is 14. The third-order valence-corrected chi connectivity index (χ3v) is 6.56. The maximum Gasteiger partial charge on any atom is 0.472 e. The van der Waals surface area contributed by atoms with Crippen molar-refractivity contribution in [1.29, 1.82) is 0 Å². The van der Waals surface area contributed by atoms with E-state index < -0.39 is 19.9 Å². The van der Waals surface area contributed by atoms with Gasteiger partial charge in [-0.2, -0.15) is 0 Å². The van der Waals surface area contributed by atoms with E-state index in [2.05, 4.69) is 11.4 Å². The fourth-order valence-corrected chi connectivity index (χ4v) is 4.32. The lowest BCUT2D eigenvalue weighted by Crippen LogP contribution is -2.28. The summed E-state index contributed by atoms with van der Waals surface area (Å²) in [5.41, 5.74) is 5.25. The molecule has 0 aromatic carbocycles. The molecule has 0 aromatic heterocycles. The molecule has 0 aliphatic rings. The molecule has 2 unspecified atom stereocenters. The van der Waals surface area contributed by atoms with Crippen molar-refractivity contribution in [3.63, 3.8) is 0 Å². The lowest BCUT2D eigenvalue weighted by atomic mass is 10.0. The summed E-state index contributed by atoms with van der Waals surface area (Å²) < 4.78 is 32.2. The van der Waals surface area contributed by atoms with Crippen LogP contribution in [0, 0.1) is 0 Å². The van der Waals surface area contributed by atoms with Crippen molar-refractivity contribution in [3.05, 3.63) is 0 Å². The van der Waals surface area contributed by atoms with E-state index in [9.17, 15) is 14.3 Å². The molecule has 0 rings (SSSR count). The van der Waals surface area contributed by atoms with Crippen molar-refractivity contribution in [2.24, 2.45) is 5.73 Å². The van der Waals surface area contributed by atoms with Crippen LogP contribution in [0.3, 0.4) is 0 Å². The van der Waals surface area contributed by atoms with Gasteiger partial charge in [-0.1, -0.05) is 104 Å². The van der Waals surface area contributed by atoms with Crippen LogP contribution in [0.2, 0.25) is 0 Å². The summed E-state index contributed by atoms with van der Waals surface area (Å²) in [5, 5.41) is 0. The smallest absolute Gasteiger partial charge is 0.457 e. The number of phosphoric ester groups is 1. The predicted molar refractivity (Wildman–Crippen MR) is 137 cm³/mol. The van der Waals surface area contributed by atoms with E-state index >= 15 is 0 Å². The Morgan fingerprint density at radius 1 is 0.765 bits per heavy atom. The van der Waals surface area contributed by atoms with E-state index in [0.717, 1.165) is 12.8 Å². The van der Waals surface area contributed by atoms with E-state index in [4.69, 9.17) is 19.7 Å². The Morgan fingerprint density at radius 3 is 1.74 bits per heavy atom. The SMILES string of the molecule is CCCCCCCCCCCCCCCCCOCC(COP(=O)(O)OCCN)OC(=O)CC. The first-order valence-electron chi connectivity index (χ1n) is 13.5. The maximum absolute atomic E-state index is 11.7. The van der Waals surface area contributed by atoms with Crippen molar-refractivity contribution >= 4 is 13.8 Å². The molecule has 2 atom stereocenters. The molecule has 0 saturated carbocycles. The Kier molecular flexibility index (Phi) is 23.8. The Bertz CT molecular complexity index is 508. The molecule has 0 aliphatic heterocycles. The molecule has 0 heterocycles. The van der Waals surface area contributed by atoms with Gasteiger partial charge in [0.25, 0.3) is 0 Å². The molecule has 8 nitrogen and oxygen atoms in total. The van der Waals surface area contributed by atoms with Crippen LogP contribution in [0.5, 0.6) is 0 Å². The Morgan fingerprint density at radius 2 is 1.26 bits per heavy atom. The molecule has 0 saturated heterocycles. The summed E-state index contributed by atoms with van der Waals surface area (Å²) in [6.07, 6.45) is 19.0. The van der Waals surface area contributed by atoms with Crippen molar-refractivity contribution in [2.45, 2.75) is 123 Å². The first-order chi connectivity index (χ1) is 16.4. The number of ether oxygens (including phenoxy) is 2. The molecule has 0 amide bonds. The molecule has 0 aliphatic carbocycles. The van der Waals surface area contributed by atoms with Gasteiger partial charge < -0.3 is 20.1 Å². The van der Waals surface area contributed by atoms with E-state index in [-0.39, 0.29) is 32.8 Å².